The van der Waals surface area contributed by atoms with Crippen LogP contribution >= 0.6 is 0 Å². The highest BCUT2D eigenvalue weighted by molar-refractivity contribution is 5.95. The van der Waals surface area contributed by atoms with Crippen LogP contribution in [0.3, 0.4) is 0 Å². The van der Waals surface area contributed by atoms with E-state index in [1.165, 1.54) is 4.90 Å². The molecule has 162 valence electrons. The molecule has 2 amide bonds. The predicted octanol–water partition coefficient (Wildman–Crippen LogP) is 2.64. The number of rotatable bonds is 5. The van der Waals surface area contributed by atoms with Gasteiger partial charge in [0.25, 0.3) is 0 Å². The summed E-state index contributed by atoms with van der Waals surface area (Å²) in [4.78, 5) is 26.9. The molecule has 1 aromatic carbocycles. The predicted molar refractivity (Wildman–Crippen MR) is 111 cm³/mol. The molecule has 0 radical (unpaired) electrons. The summed E-state index contributed by atoms with van der Waals surface area (Å²) >= 11 is 0. The highest BCUT2D eigenvalue weighted by Crippen LogP contribution is 2.52. The monoisotopic (exact) mass is 423 g/mol. The Hall–Kier alpha value is -2.97. The number of nitrogens with one attached hydrogen (secondary N) is 2. The fourth-order valence-electron chi connectivity index (χ4n) is 5.23. The van der Waals surface area contributed by atoms with Crippen LogP contribution < -0.4 is 10.6 Å². The fraction of sp³-hybridized carbons (Fsp3) is 0.565. The van der Waals surface area contributed by atoms with Crippen molar-refractivity contribution in [1.29, 1.82) is 10.5 Å². The number of hydrogen-bond donors (Lipinski definition) is 2. The van der Waals surface area contributed by atoms with Gasteiger partial charge in [-0.15, -0.1) is 0 Å². The van der Waals surface area contributed by atoms with Gasteiger partial charge in [-0.3, -0.25) is 9.59 Å². The Kier molecular flexibility index (Phi) is 5.68. The van der Waals surface area contributed by atoms with E-state index in [0.717, 1.165) is 38.5 Å². The van der Waals surface area contributed by atoms with Crippen LogP contribution in [0.15, 0.2) is 24.3 Å². The van der Waals surface area contributed by atoms with Crippen LogP contribution in [-0.2, 0) is 9.59 Å². The van der Waals surface area contributed by atoms with Gasteiger partial charge in [-0.05, 0) is 62.8 Å². The molecule has 3 saturated carbocycles. The summed E-state index contributed by atoms with van der Waals surface area (Å²) in [6, 6.07) is 10.2. The zero-order chi connectivity index (χ0) is 22.1. The van der Waals surface area contributed by atoms with Crippen molar-refractivity contribution in [3.63, 3.8) is 0 Å². The van der Waals surface area contributed by atoms with Gasteiger partial charge in [0.1, 0.15) is 12.2 Å². The number of likely N-dealkylation sites (tertiary alicyclic amines) is 1. The summed E-state index contributed by atoms with van der Waals surface area (Å²) in [6.45, 7) is 0.0830. The zero-order valence-electron chi connectivity index (χ0n) is 17.4. The molecule has 1 saturated heterocycles. The zero-order valence-corrected chi connectivity index (χ0v) is 17.4. The Morgan fingerprint density at radius 1 is 1.10 bits per heavy atom. The number of anilines is 1. The molecule has 4 aliphatic rings. The van der Waals surface area contributed by atoms with E-state index in [-0.39, 0.29) is 36.9 Å². The van der Waals surface area contributed by atoms with Crippen LogP contribution in [0.5, 0.6) is 0 Å². The second-order valence-electron chi connectivity index (χ2n) is 9.08. The summed E-state index contributed by atoms with van der Waals surface area (Å²) in [7, 11) is 0. The molecule has 3 aliphatic carbocycles. The van der Waals surface area contributed by atoms with Crippen molar-refractivity contribution in [1.82, 2.24) is 10.2 Å². The van der Waals surface area contributed by atoms with E-state index in [4.69, 9.17) is 10.5 Å². The molecule has 4 fully saturated rings. The first-order chi connectivity index (χ1) is 14.9. The number of amides is 2. The highest BCUT2D eigenvalue weighted by atomic mass is 19.1. The van der Waals surface area contributed by atoms with Crippen molar-refractivity contribution in [3.8, 4) is 12.1 Å². The Morgan fingerprint density at radius 2 is 1.74 bits per heavy atom. The molecular formula is C23H26FN5O2. The summed E-state index contributed by atoms with van der Waals surface area (Å²) < 4.78 is 13.6. The maximum atomic E-state index is 13.6. The van der Waals surface area contributed by atoms with Gasteiger partial charge in [0.05, 0.1) is 30.8 Å². The molecule has 0 aromatic heterocycles. The van der Waals surface area contributed by atoms with Crippen molar-refractivity contribution in [3.05, 3.63) is 29.8 Å². The molecule has 8 heteroatoms. The van der Waals surface area contributed by atoms with Gasteiger partial charge in [0, 0.05) is 23.1 Å². The lowest BCUT2D eigenvalue weighted by Crippen LogP contribution is -2.59. The Bertz CT molecular complexity index is 924. The lowest BCUT2D eigenvalue weighted by molar-refractivity contribution is -0.135. The van der Waals surface area contributed by atoms with E-state index in [9.17, 15) is 14.0 Å². The SMILES string of the molecule is N#Cc1ccc(NC(=O)C23CCC(NCC(=O)N4CC(F)CC4C#N)(CC2)CC3)cc1. The molecule has 2 bridgehead atoms. The summed E-state index contributed by atoms with van der Waals surface area (Å²) in [5.74, 6) is -0.216. The fourth-order valence-corrected chi connectivity index (χ4v) is 5.23. The number of carbonyl (C=O) groups excluding carboxylic acids is 2. The van der Waals surface area contributed by atoms with Crippen molar-refractivity contribution < 1.29 is 14.0 Å². The Morgan fingerprint density at radius 3 is 2.32 bits per heavy atom. The Balaban J connectivity index is 1.32. The van der Waals surface area contributed by atoms with Gasteiger partial charge in [-0.25, -0.2) is 4.39 Å². The number of hydrogen-bond acceptors (Lipinski definition) is 5. The van der Waals surface area contributed by atoms with Crippen molar-refractivity contribution in [2.24, 2.45) is 5.41 Å². The summed E-state index contributed by atoms with van der Waals surface area (Å²) in [5.41, 5.74) is 0.662. The standard InChI is InChI=1S/C23H26FN5O2/c24-17-11-19(13-26)29(15-17)20(30)14-27-23-8-5-22(6-9-23,7-10-23)21(31)28-18-3-1-16(12-25)2-4-18/h1-4,17,19,27H,5-11,14-15H2,(H,28,31). The van der Waals surface area contributed by atoms with Gasteiger partial charge in [0.15, 0.2) is 0 Å². The largest absolute Gasteiger partial charge is 0.326 e. The molecule has 2 unspecified atom stereocenters. The number of fused-ring (bicyclic) bond motifs is 3. The average Bonchev–Trinajstić information content (AvgIpc) is 3.20. The first kappa shape index (κ1) is 21.3. The maximum Gasteiger partial charge on any atom is 0.237 e. The van der Waals surface area contributed by atoms with Crippen LogP contribution in [-0.4, -0.2) is 47.6 Å². The van der Waals surface area contributed by atoms with E-state index < -0.39 is 17.6 Å². The second-order valence-corrected chi connectivity index (χ2v) is 9.08. The number of nitrogens with zero attached hydrogens (tertiary/aromatic N) is 3. The quantitative estimate of drug-likeness (QED) is 0.757. The number of halogens is 1. The van der Waals surface area contributed by atoms with E-state index in [2.05, 4.69) is 16.7 Å². The number of benzene rings is 1. The van der Waals surface area contributed by atoms with Crippen LogP contribution in [0.25, 0.3) is 0 Å². The van der Waals surface area contributed by atoms with Crippen molar-refractivity contribution in [2.45, 2.75) is 62.7 Å². The highest BCUT2D eigenvalue weighted by Gasteiger charge is 2.52. The van der Waals surface area contributed by atoms with E-state index >= 15 is 0 Å². The van der Waals surface area contributed by atoms with E-state index in [1.807, 2.05) is 6.07 Å². The minimum atomic E-state index is -1.13. The van der Waals surface area contributed by atoms with Crippen molar-refractivity contribution >= 4 is 17.5 Å². The normalized spacial score (nSPS) is 31.6. The van der Waals surface area contributed by atoms with Gasteiger partial charge in [-0.2, -0.15) is 10.5 Å². The molecule has 1 aromatic rings. The van der Waals surface area contributed by atoms with E-state index in [1.54, 1.807) is 24.3 Å². The average molecular weight is 423 g/mol. The third-order valence-electron chi connectivity index (χ3n) is 7.33. The molecule has 1 aliphatic heterocycles. The van der Waals surface area contributed by atoms with Gasteiger partial charge >= 0.3 is 0 Å². The van der Waals surface area contributed by atoms with E-state index in [0.29, 0.717) is 11.3 Å². The smallest absolute Gasteiger partial charge is 0.237 e. The van der Waals surface area contributed by atoms with Crippen LogP contribution in [0.4, 0.5) is 10.1 Å². The first-order valence-corrected chi connectivity index (χ1v) is 10.8. The van der Waals surface area contributed by atoms with Crippen LogP contribution in [0, 0.1) is 28.1 Å². The summed E-state index contributed by atoms with van der Waals surface area (Å²) in [5, 5.41) is 24.4. The second kappa shape index (κ2) is 8.28. The number of alkyl halides is 1. The topological polar surface area (TPSA) is 109 Å². The third-order valence-corrected chi connectivity index (χ3v) is 7.33. The van der Waals surface area contributed by atoms with Gasteiger partial charge < -0.3 is 15.5 Å². The number of nitriles is 2. The van der Waals surface area contributed by atoms with Crippen LogP contribution in [0.2, 0.25) is 0 Å². The van der Waals surface area contributed by atoms with Gasteiger partial charge in [0.2, 0.25) is 11.8 Å². The summed E-state index contributed by atoms with van der Waals surface area (Å²) in [6.07, 6.45) is 3.59. The molecular weight excluding hydrogens is 397 g/mol. The molecule has 1 heterocycles. The molecule has 0 spiro atoms. The van der Waals surface area contributed by atoms with Crippen molar-refractivity contribution in [2.75, 3.05) is 18.4 Å². The number of carbonyl (C=O) groups is 2. The lowest BCUT2D eigenvalue weighted by atomic mass is 9.57. The molecule has 7 nitrogen and oxygen atoms in total. The van der Waals surface area contributed by atoms with Gasteiger partial charge in [-0.1, -0.05) is 0 Å². The molecule has 5 rings (SSSR count). The molecule has 2 atom stereocenters. The minimum Gasteiger partial charge on any atom is -0.326 e. The lowest BCUT2D eigenvalue weighted by Gasteiger charge is -2.52. The molecule has 31 heavy (non-hydrogen) atoms. The Labute approximate surface area is 181 Å². The minimum absolute atomic E-state index is 0.00955. The third kappa shape index (κ3) is 4.13. The maximum absolute atomic E-state index is 13.6. The van der Waals surface area contributed by atoms with Crippen LogP contribution in [0.1, 0.15) is 50.5 Å². The molecule has 2 N–H and O–H groups in total. The first-order valence-electron chi connectivity index (χ1n) is 10.8.